The maximum absolute atomic E-state index is 12.7. The number of carbonyl (C=O) groups is 2. The standard InChI is InChI=1S/C23H25N5O4/c1-15(16-5-7-18(8-6-16)28-12-3-11-25-28)26-22(31)20(29)21(30)23(32)27-13-9-19-17(14-27)4-2-10-24-19/h2-8,10-12,15,20-21,29-30H,9,13-14H2,1H3,(H,26,31)/t15-,20-,21-/m1/s1. The van der Waals surface area contributed by atoms with Crippen LogP contribution in [0.25, 0.3) is 5.69 Å². The van der Waals surface area contributed by atoms with Crippen molar-refractivity contribution in [3.63, 3.8) is 0 Å². The van der Waals surface area contributed by atoms with E-state index in [0.717, 1.165) is 22.5 Å². The molecule has 32 heavy (non-hydrogen) atoms. The molecule has 166 valence electrons. The summed E-state index contributed by atoms with van der Waals surface area (Å²) in [5, 5.41) is 27.5. The lowest BCUT2D eigenvalue weighted by Gasteiger charge is -2.31. The fourth-order valence-corrected chi connectivity index (χ4v) is 3.74. The van der Waals surface area contributed by atoms with Crippen LogP contribution in [-0.2, 0) is 22.6 Å². The van der Waals surface area contributed by atoms with Crippen molar-refractivity contribution in [2.75, 3.05) is 6.54 Å². The Morgan fingerprint density at radius 3 is 2.56 bits per heavy atom. The van der Waals surface area contributed by atoms with E-state index in [-0.39, 0.29) is 6.54 Å². The number of rotatable bonds is 6. The Bertz CT molecular complexity index is 1080. The Morgan fingerprint density at radius 2 is 1.84 bits per heavy atom. The predicted molar refractivity (Wildman–Crippen MR) is 115 cm³/mol. The molecule has 1 aliphatic heterocycles. The monoisotopic (exact) mass is 435 g/mol. The van der Waals surface area contributed by atoms with Gasteiger partial charge < -0.3 is 20.4 Å². The first-order valence-electron chi connectivity index (χ1n) is 10.4. The van der Waals surface area contributed by atoms with Gasteiger partial charge in [0.2, 0.25) is 0 Å². The van der Waals surface area contributed by atoms with Gasteiger partial charge in [-0.15, -0.1) is 0 Å². The normalized spacial score (nSPS) is 16.0. The maximum atomic E-state index is 12.7. The van der Waals surface area contributed by atoms with Crippen molar-refractivity contribution in [3.05, 3.63) is 77.9 Å². The number of benzene rings is 1. The molecule has 0 spiro atoms. The van der Waals surface area contributed by atoms with Gasteiger partial charge in [0.15, 0.2) is 12.2 Å². The van der Waals surface area contributed by atoms with E-state index in [1.54, 1.807) is 30.1 Å². The molecule has 2 aromatic heterocycles. The third-order valence-electron chi connectivity index (χ3n) is 5.62. The van der Waals surface area contributed by atoms with Gasteiger partial charge in [-0.25, -0.2) is 4.68 Å². The first-order valence-corrected chi connectivity index (χ1v) is 10.4. The van der Waals surface area contributed by atoms with E-state index in [1.165, 1.54) is 4.90 Å². The van der Waals surface area contributed by atoms with Crippen molar-refractivity contribution in [3.8, 4) is 5.69 Å². The van der Waals surface area contributed by atoms with Gasteiger partial charge in [-0.05, 0) is 42.3 Å². The smallest absolute Gasteiger partial charge is 0.255 e. The van der Waals surface area contributed by atoms with Crippen molar-refractivity contribution in [2.24, 2.45) is 0 Å². The molecule has 0 bridgehead atoms. The SMILES string of the molecule is C[C@@H](NC(=O)[C@H](O)[C@@H](O)C(=O)N1CCc2ncccc2C1)c1ccc(-n2cccn2)cc1. The number of amides is 2. The topological polar surface area (TPSA) is 121 Å². The van der Waals surface area contributed by atoms with E-state index in [9.17, 15) is 19.8 Å². The molecular formula is C23H25N5O4. The molecule has 0 radical (unpaired) electrons. The zero-order chi connectivity index (χ0) is 22.7. The molecule has 4 rings (SSSR count). The van der Waals surface area contributed by atoms with Crippen LogP contribution in [0.5, 0.6) is 0 Å². The predicted octanol–water partition coefficient (Wildman–Crippen LogP) is 0.751. The van der Waals surface area contributed by atoms with Gasteiger partial charge in [0.1, 0.15) is 0 Å². The summed E-state index contributed by atoms with van der Waals surface area (Å²) in [4.78, 5) is 30.9. The summed E-state index contributed by atoms with van der Waals surface area (Å²) < 4.78 is 1.72. The molecule has 0 aliphatic carbocycles. The second-order valence-electron chi connectivity index (χ2n) is 7.78. The van der Waals surface area contributed by atoms with E-state index in [1.807, 2.05) is 42.6 Å². The fourth-order valence-electron chi connectivity index (χ4n) is 3.74. The van der Waals surface area contributed by atoms with Crippen LogP contribution in [-0.4, -0.2) is 60.4 Å². The maximum Gasteiger partial charge on any atom is 0.255 e. The molecule has 3 heterocycles. The van der Waals surface area contributed by atoms with Gasteiger partial charge >= 0.3 is 0 Å². The zero-order valence-electron chi connectivity index (χ0n) is 17.6. The summed E-state index contributed by atoms with van der Waals surface area (Å²) in [5.41, 5.74) is 3.49. The number of nitrogens with zero attached hydrogens (tertiary/aromatic N) is 4. The fraction of sp³-hybridized carbons (Fsp3) is 0.304. The minimum absolute atomic E-state index is 0.284. The van der Waals surface area contributed by atoms with Gasteiger partial charge in [-0.3, -0.25) is 14.6 Å². The first kappa shape index (κ1) is 21.7. The van der Waals surface area contributed by atoms with Crippen molar-refractivity contribution in [2.45, 2.75) is 38.1 Å². The summed E-state index contributed by atoms with van der Waals surface area (Å²) in [7, 11) is 0. The van der Waals surface area contributed by atoms with Crippen LogP contribution in [0.4, 0.5) is 0 Å². The highest BCUT2D eigenvalue weighted by Gasteiger charge is 2.35. The molecular weight excluding hydrogens is 410 g/mol. The molecule has 0 unspecified atom stereocenters. The first-order chi connectivity index (χ1) is 15.4. The summed E-state index contributed by atoms with van der Waals surface area (Å²) >= 11 is 0. The van der Waals surface area contributed by atoms with Gasteiger partial charge in [-0.1, -0.05) is 18.2 Å². The molecule has 0 saturated carbocycles. The van der Waals surface area contributed by atoms with Crippen molar-refractivity contribution in [1.82, 2.24) is 25.0 Å². The third-order valence-corrected chi connectivity index (χ3v) is 5.62. The number of aromatic nitrogens is 3. The number of aliphatic hydroxyl groups is 2. The molecule has 3 atom stereocenters. The van der Waals surface area contributed by atoms with Gasteiger partial charge in [-0.2, -0.15) is 5.10 Å². The number of hydrogen-bond acceptors (Lipinski definition) is 6. The molecule has 3 N–H and O–H groups in total. The molecule has 9 heteroatoms. The van der Waals surface area contributed by atoms with E-state index < -0.39 is 30.1 Å². The lowest BCUT2D eigenvalue weighted by atomic mass is 10.0. The van der Waals surface area contributed by atoms with Crippen LogP contribution in [0.3, 0.4) is 0 Å². The van der Waals surface area contributed by atoms with Crippen LogP contribution in [0.15, 0.2) is 61.1 Å². The highest BCUT2D eigenvalue weighted by atomic mass is 16.3. The van der Waals surface area contributed by atoms with Gasteiger partial charge in [0.05, 0.1) is 11.7 Å². The van der Waals surface area contributed by atoms with Crippen molar-refractivity contribution >= 4 is 11.8 Å². The van der Waals surface area contributed by atoms with Crippen molar-refractivity contribution in [1.29, 1.82) is 0 Å². The average Bonchev–Trinajstić information content (AvgIpc) is 3.37. The van der Waals surface area contributed by atoms with Crippen LogP contribution in [0, 0.1) is 0 Å². The number of aliphatic hydroxyl groups excluding tert-OH is 2. The van der Waals surface area contributed by atoms with Gasteiger partial charge in [0.25, 0.3) is 11.8 Å². The van der Waals surface area contributed by atoms with E-state index in [0.29, 0.717) is 13.0 Å². The molecule has 2 amide bonds. The number of fused-ring (bicyclic) bond motifs is 1. The highest BCUT2D eigenvalue weighted by molar-refractivity contribution is 5.91. The molecule has 1 aromatic carbocycles. The second kappa shape index (κ2) is 9.29. The summed E-state index contributed by atoms with van der Waals surface area (Å²) in [5.74, 6) is -1.49. The molecule has 0 saturated heterocycles. The third kappa shape index (κ3) is 4.53. The molecule has 1 aliphatic rings. The average molecular weight is 435 g/mol. The van der Waals surface area contributed by atoms with Gasteiger partial charge in [0, 0.05) is 43.8 Å². The molecule has 3 aromatic rings. The molecule has 9 nitrogen and oxygen atoms in total. The Hall–Kier alpha value is -3.56. The second-order valence-corrected chi connectivity index (χ2v) is 7.78. The molecule has 0 fully saturated rings. The Kier molecular flexibility index (Phi) is 6.29. The quantitative estimate of drug-likeness (QED) is 0.526. The van der Waals surface area contributed by atoms with Crippen molar-refractivity contribution < 1.29 is 19.8 Å². The van der Waals surface area contributed by atoms with E-state index in [2.05, 4.69) is 15.4 Å². The van der Waals surface area contributed by atoms with Crippen LogP contribution < -0.4 is 5.32 Å². The lowest BCUT2D eigenvalue weighted by molar-refractivity contribution is -0.154. The highest BCUT2D eigenvalue weighted by Crippen LogP contribution is 2.19. The Balaban J connectivity index is 1.35. The zero-order valence-corrected chi connectivity index (χ0v) is 17.6. The van der Waals surface area contributed by atoms with Crippen LogP contribution in [0.1, 0.15) is 29.8 Å². The summed E-state index contributed by atoms with van der Waals surface area (Å²) in [6.07, 6.45) is 2.05. The minimum atomic E-state index is -1.87. The minimum Gasteiger partial charge on any atom is -0.380 e. The summed E-state index contributed by atoms with van der Waals surface area (Å²) in [6.45, 7) is 2.41. The summed E-state index contributed by atoms with van der Waals surface area (Å²) in [6, 6.07) is 12.5. The van der Waals surface area contributed by atoms with Crippen LogP contribution >= 0.6 is 0 Å². The Morgan fingerprint density at radius 1 is 1.06 bits per heavy atom. The Labute approximate surface area is 185 Å². The largest absolute Gasteiger partial charge is 0.380 e. The van der Waals surface area contributed by atoms with Crippen LogP contribution in [0.2, 0.25) is 0 Å². The van der Waals surface area contributed by atoms with E-state index in [4.69, 9.17) is 0 Å². The number of carbonyl (C=O) groups excluding carboxylic acids is 2. The number of nitrogens with one attached hydrogen (secondary N) is 1. The number of hydrogen-bond donors (Lipinski definition) is 3. The lowest BCUT2D eigenvalue weighted by Crippen LogP contribution is -2.52. The van der Waals surface area contributed by atoms with E-state index >= 15 is 0 Å². The number of pyridine rings is 1.